The van der Waals surface area contributed by atoms with Gasteiger partial charge in [-0.3, -0.25) is 4.57 Å². The first kappa shape index (κ1) is 5.18. The number of H-pyrrole nitrogens is 1. The number of benzene rings is 1. The topological polar surface area (TPSA) is 37.8 Å². The van der Waals surface area contributed by atoms with Gasteiger partial charge in [0.15, 0.2) is 0 Å². The molecular formula is C8H8N2O. The van der Waals surface area contributed by atoms with E-state index in [2.05, 4.69) is 4.98 Å². The highest BCUT2D eigenvalue weighted by molar-refractivity contribution is 5.74. The number of nitrogens with one attached hydrogen (secondary N) is 1. The van der Waals surface area contributed by atoms with Crippen molar-refractivity contribution in [3.8, 4) is 0 Å². The minimum absolute atomic E-state index is 0.143. The van der Waals surface area contributed by atoms with E-state index >= 15 is 0 Å². The summed E-state index contributed by atoms with van der Waals surface area (Å²) in [5, 5.41) is 0. The summed E-state index contributed by atoms with van der Waals surface area (Å²) in [5.74, 6) is 0. The van der Waals surface area contributed by atoms with Crippen LogP contribution in [0.4, 0.5) is 0 Å². The van der Waals surface area contributed by atoms with Gasteiger partial charge in [0, 0.05) is 7.05 Å². The molecule has 0 amide bonds. The summed E-state index contributed by atoms with van der Waals surface area (Å²) in [6.45, 7) is 0. The zero-order valence-corrected chi connectivity index (χ0v) is 6.09. The molecule has 0 aliphatic rings. The molecule has 2 aromatic rings. The molecule has 0 saturated carbocycles. The van der Waals surface area contributed by atoms with Crippen molar-refractivity contribution in [2.45, 2.75) is 0 Å². The largest absolute Gasteiger partial charge is 0.326 e. The Labute approximate surface area is 64.7 Å². The van der Waals surface area contributed by atoms with Crippen LogP contribution in [-0.2, 0) is 7.05 Å². The predicted octanol–water partition coefficient (Wildman–Crippen LogP) is 0.867. The Morgan fingerprint density at radius 1 is 1.64 bits per heavy atom. The van der Waals surface area contributed by atoms with Gasteiger partial charge in [-0.15, -0.1) is 0 Å². The summed E-state index contributed by atoms with van der Waals surface area (Å²) < 4.78 is 8.85. The second kappa shape index (κ2) is 1.99. The molecule has 1 aromatic carbocycles. The van der Waals surface area contributed by atoms with Gasteiger partial charge in [0.1, 0.15) is 0 Å². The van der Waals surface area contributed by atoms with Crippen LogP contribution in [0.2, 0.25) is 0 Å². The van der Waals surface area contributed by atoms with Gasteiger partial charge in [0.2, 0.25) is 0 Å². The summed E-state index contributed by atoms with van der Waals surface area (Å²) in [5.41, 5.74) is 1.40. The molecule has 0 aliphatic carbocycles. The van der Waals surface area contributed by atoms with Crippen molar-refractivity contribution in [2.75, 3.05) is 0 Å². The van der Waals surface area contributed by atoms with Crippen LogP contribution in [0.15, 0.2) is 29.0 Å². The third-order valence-electron chi connectivity index (χ3n) is 1.75. The maximum atomic E-state index is 11.1. The lowest BCUT2D eigenvalue weighted by atomic mass is 10.3. The van der Waals surface area contributed by atoms with Crippen LogP contribution in [0.25, 0.3) is 11.0 Å². The lowest BCUT2D eigenvalue weighted by molar-refractivity contribution is 0.891. The Morgan fingerprint density at radius 2 is 2.45 bits per heavy atom. The molecule has 56 valence electrons. The average molecular weight is 149 g/mol. The lowest BCUT2D eigenvalue weighted by Crippen LogP contribution is -2.11. The summed E-state index contributed by atoms with van der Waals surface area (Å²) in [7, 11) is 1.68. The van der Waals surface area contributed by atoms with Gasteiger partial charge < -0.3 is 4.98 Å². The fraction of sp³-hybridized carbons (Fsp3) is 0.125. The zero-order valence-electron chi connectivity index (χ0n) is 7.09. The summed E-state index contributed by atoms with van der Waals surface area (Å²) >= 11 is 0. The number of hydrogen-bond donors (Lipinski definition) is 1. The highest BCUT2D eigenvalue weighted by Gasteiger charge is 1.98. The Balaban J connectivity index is 2.98. The molecular weight excluding hydrogens is 140 g/mol. The minimum atomic E-state index is -0.143. The Hall–Kier alpha value is -1.51. The fourth-order valence-corrected chi connectivity index (χ4v) is 1.11. The van der Waals surface area contributed by atoms with Crippen LogP contribution in [0, 0.1) is 0 Å². The first-order valence-electron chi connectivity index (χ1n) is 3.84. The van der Waals surface area contributed by atoms with E-state index in [1.807, 2.05) is 0 Å². The number of fused-ring (bicyclic) bond motifs is 1. The Morgan fingerprint density at radius 3 is 3.27 bits per heavy atom. The molecule has 0 saturated heterocycles. The van der Waals surface area contributed by atoms with Crippen molar-refractivity contribution in [2.24, 2.45) is 7.05 Å². The quantitative estimate of drug-likeness (QED) is 0.593. The van der Waals surface area contributed by atoms with Gasteiger partial charge in [-0.05, 0) is 12.1 Å². The monoisotopic (exact) mass is 149 g/mol. The van der Waals surface area contributed by atoms with Gasteiger partial charge in [0.05, 0.1) is 12.4 Å². The van der Waals surface area contributed by atoms with Gasteiger partial charge in [-0.25, -0.2) is 4.79 Å². The molecule has 0 aliphatic heterocycles. The molecule has 0 unspecified atom stereocenters. The third kappa shape index (κ3) is 0.774. The smallest absolute Gasteiger partial charge is 0.306 e. The number of para-hydroxylation sites is 2. The van der Waals surface area contributed by atoms with E-state index in [1.165, 1.54) is 4.57 Å². The second-order valence-corrected chi connectivity index (χ2v) is 2.43. The number of nitrogens with zero attached hydrogens (tertiary/aromatic N) is 1. The van der Waals surface area contributed by atoms with Crippen molar-refractivity contribution in [1.29, 1.82) is 0 Å². The number of rotatable bonds is 0. The predicted molar refractivity (Wildman–Crippen MR) is 43.5 cm³/mol. The van der Waals surface area contributed by atoms with E-state index in [1.54, 1.807) is 25.2 Å². The van der Waals surface area contributed by atoms with E-state index in [9.17, 15) is 4.79 Å². The van der Waals surface area contributed by atoms with Gasteiger partial charge in [-0.2, -0.15) is 0 Å². The van der Waals surface area contributed by atoms with Gasteiger partial charge >= 0.3 is 5.69 Å². The van der Waals surface area contributed by atoms with Crippen LogP contribution in [0.1, 0.15) is 1.37 Å². The molecule has 1 heterocycles. The molecule has 0 atom stereocenters. The molecule has 0 radical (unpaired) electrons. The number of aromatic amines is 1. The van der Waals surface area contributed by atoms with E-state index < -0.39 is 0 Å². The van der Waals surface area contributed by atoms with E-state index in [-0.39, 0.29) is 5.69 Å². The van der Waals surface area contributed by atoms with Crippen molar-refractivity contribution < 1.29 is 1.37 Å². The van der Waals surface area contributed by atoms with Crippen LogP contribution < -0.4 is 5.69 Å². The van der Waals surface area contributed by atoms with E-state index in [0.29, 0.717) is 6.04 Å². The maximum absolute atomic E-state index is 11.1. The molecule has 1 aromatic heterocycles. The average Bonchev–Trinajstić information content (AvgIpc) is 2.31. The molecule has 0 spiro atoms. The Kier molecular flexibility index (Phi) is 0.935. The summed E-state index contributed by atoms with van der Waals surface area (Å²) in [6, 6.07) is 5.46. The second-order valence-electron chi connectivity index (χ2n) is 2.43. The van der Waals surface area contributed by atoms with Crippen molar-refractivity contribution in [3.05, 3.63) is 34.7 Å². The first-order valence-corrected chi connectivity index (χ1v) is 3.34. The Bertz CT molecular complexity index is 483. The zero-order chi connectivity index (χ0) is 8.72. The van der Waals surface area contributed by atoms with Gasteiger partial charge in [-0.1, -0.05) is 12.1 Å². The van der Waals surface area contributed by atoms with Crippen molar-refractivity contribution in [3.63, 3.8) is 0 Å². The standard InChI is InChI=1S/C8H8N2O/c1-10-7-5-3-2-4-6(7)9-8(10)11/h2-5H,1H3,(H,9,11)/i3D. The molecule has 0 bridgehead atoms. The van der Waals surface area contributed by atoms with Crippen LogP contribution in [0.5, 0.6) is 0 Å². The summed E-state index contributed by atoms with van der Waals surface area (Å²) in [6.07, 6.45) is 0. The van der Waals surface area contributed by atoms with Crippen molar-refractivity contribution >= 4 is 11.0 Å². The molecule has 3 nitrogen and oxygen atoms in total. The molecule has 1 N–H and O–H groups in total. The number of aromatic nitrogens is 2. The van der Waals surface area contributed by atoms with Gasteiger partial charge in [0.25, 0.3) is 0 Å². The highest BCUT2D eigenvalue weighted by atomic mass is 16.1. The SMILES string of the molecule is [2H]c1ccc2[nH]c(=O)n(C)c2c1. The number of aryl methyl sites for hydroxylation is 1. The molecule has 11 heavy (non-hydrogen) atoms. The molecule has 3 heteroatoms. The lowest BCUT2D eigenvalue weighted by Gasteiger charge is -1.89. The number of imidazole rings is 1. The normalized spacial score (nSPS) is 11.9. The first-order chi connectivity index (χ1) is 5.68. The van der Waals surface area contributed by atoms with Crippen molar-refractivity contribution in [1.82, 2.24) is 9.55 Å². The van der Waals surface area contributed by atoms with E-state index in [4.69, 9.17) is 1.37 Å². The van der Waals surface area contributed by atoms with Crippen LogP contribution in [0.3, 0.4) is 0 Å². The number of hydrogen-bond acceptors (Lipinski definition) is 1. The van der Waals surface area contributed by atoms with Crippen LogP contribution in [-0.4, -0.2) is 9.55 Å². The minimum Gasteiger partial charge on any atom is -0.306 e. The molecule has 2 rings (SSSR count). The maximum Gasteiger partial charge on any atom is 0.326 e. The highest BCUT2D eigenvalue weighted by Crippen LogP contribution is 2.06. The molecule has 0 fully saturated rings. The third-order valence-corrected chi connectivity index (χ3v) is 1.75. The van der Waals surface area contributed by atoms with E-state index in [0.717, 1.165) is 11.0 Å². The fourth-order valence-electron chi connectivity index (χ4n) is 1.11. The van der Waals surface area contributed by atoms with Crippen LogP contribution >= 0.6 is 0 Å². The summed E-state index contributed by atoms with van der Waals surface area (Å²) in [4.78, 5) is 13.8.